The van der Waals surface area contributed by atoms with Crippen molar-refractivity contribution in [1.82, 2.24) is 4.90 Å². The van der Waals surface area contributed by atoms with Gasteiger partial charge in [0.05, 0.1) is 0 Å². The third kappa shape index (κ3) is 2.85. The Labute approximate surface area is 114 Å². The van der Waals surface area contributed by atoms with E-state index in [0.29, 0.717) is 13.2 Å². The monoisotopic (exact) mass is 262 g/mol. The van der Waals surface area contributed by atoms with Crippen LogP contribution < -0.4 is 15.2 Å². The Hall–Kier alpha value is -1.26. The number of ether oxygens (including phenoxy) is 2. The van der Waals surface area contributed by atoms with Gasteiger partial charge < -0.3 is 15.2 Å². The van der Waals surface area contributed by atoms with E-state index in [-0.39, 0.29) is 0 Å². The highest BCUT2D eigenvalue weighted by molar-refractivity contribution is 5.48. The molecule has 0 fully saturated rings. The molecule has 1 aromatic rings. The standard InChI is InChI=1S/C15H22N2O2/c16-4-1-2-5-17-6-3-12-9-14-15(10-13(12)11-17)19-8-7-18-14/h9-10H,1-8,11,16H2. The molecule has 0 atom stereocenters. The van der Waals surface area contributed by atoms with E-state index in [4.69, 9.17) is 15.2 Å². The number of benzene rings is 1. The molecular weight excluding hydrogens is 240 g/mol. The second-order valence-electron chi connectivity index (χ2n) is 5.29. The molecule has 0 saturated heterocycles. The zero-order valence-corrected chi connectivity index (χ0v) is 11.4. The van der Waals surface area contributed by atoms with Crippen molar-refractivity contribution in [2.45, 2.75) is 25.8 Å². The van der Waals surface area contributed by atoms with Crippen LogP contribution in [0.15, 0.2) is 12.1 Å². The van der Waals surface area contributed by atoms with Crippen LogP contribution in [0.5, 0.6) is 11.5 Å². The summed E-state index contributed by atoms with van der Waals surface area (Å²) in [4.78, 5) is 2.51. The average Bonchev–Trinajstić information content (AvgIpc) is 2.45. The summed E-state index contributed by atoms with van der Waals surface area (Å²) >= 11 is 0. The fraction of sp³-hybridized carbons (Fsp3) is 0.600. The molecule has 2 N–H and O–H groups in total. The molecule has 1 aromatic carbocycles. The molecule has 0 radical (unpaired) electrons. The molecule has 104 valence electrons. The molecule has 19 heavy (non-hydrogen) atoms. The van der Waals surface area contributed by atoms with Crippen molar-refractivity contribution >= 4 is 0 Å². The Morgan fingerprint density at radius 1 is 1.05 bits per heavy atom. The van der Waals surface area contributed by atoms with Gasteiger partial charge >= 0.3 is 0 Å². The molecule has 0 unspecified atom stereocenters. The first-order valence-electron chi connectivity index (χ1n) is 7.20. The fourth-order valence-corrected chi connectivity index (χ4v) is 2.82. The van der Waals surface area contributed by atoms with E-state index in [1.54, 1.807) is 0 Å². The van der Waals surface area contributed by atoms with Crippen molar-refractivity contribution < 1.29 is 9.47 Å². The van der Waals surface area contributed by atoms with E-state index < -0.39 is 0 Å². The van der Waals surface area contributed by atoms with Gasteiger partial charge in [0.2, 0.25) is 0 Å². The summed E-state index contributed by atoms with van der Waals surface area (Å²) in [5.74, 6) is 1.83. The lowest BCUT2D eigenvalue weighted by molar-refractivity contribution is 0.170. The number of rotatable bonds is 4. The molecule has 4 nitrogen and oxygen atoms in total. The second kappa shape index (κ2) is 5.80. The van der Waals surface area contributed by atoms with Crippen LogP contribution in [0, 0.1) is 0 Å². The first kappa shape index (κ1) is 12.8. The van der Waals surface area contributed by atoms with E-state index in [0.717, 1.165) is 50.5 Å². The normalized spacial score (nSPS) is 18.2. The molecule has 2 aliphatic rings. The third-order valence-electron chi connectivity index (χ3n) is 3.88. The van der Waals surface area contributed by atoms with Gasteiger partial charge in [0.15, 0.2) is 11.5 Å². The third-order valence-corrected chi connectivity index (χ3v) is 3.88. The van der Waals surface area contributed by atoms with Gasteiger partial charge in [-0.1, -0.05) is 0 Å². The molecule has 2 heterocycles. The fourth-order valence-electron chi connectivity index (χ4n) is 2.82. The van der Waals surface area contributed by atoms with Crippen LogP contribution >= 0.6 is 0 Å². The minimum absolute atomic E-state index is 0.659. The highest BCUT2D eigenvalue weighted by atomic mass is 16.6. The summed E-state index contributed by atoms with van der Waals surface area (Å²) < 4.78 is 11.3. The van der Waals surface area contributed by atoms with Crippen LogP contribution in [0.1, 0.15) is 24.0 Å². The highest BCUT2D eigenvalue weighted by Gasteiger charge is 2.20. The van der Waals surface area contributed by atoms with Crippen LogP contribution in [0.2, 0.25) is 0 Å². The summed E-state index contributed by atoms with van der Waals surface area (Å²) in [5.41, 5.74) is 8.36. The van der Waals surface area contributed by atoms with E-state index >= 15 is 0 Å². The number of hydrogen-bond donors (Lipinski definition) is 1. The Morgan fingerprint density at radius 3 is 2.53 bits per heavy atom. The maximum atomic E-state index is 5.66. The quantitative estimate of drug-likeness (QED) is 0.837. The lowest BCUT2D eigenvalue weighted by Gasteiger charge is -2.30. The SMILES string of the molecule is NCCCCN1CCc2cc3c(cc2C1)OCCO3. The van der Waals surface area contributed by atoms with E-state index in [2.05, 4.69) is 17.0 Å². The summed E-state index contributed by atoms with van der Waals surface area (Å²) in [6, 6.07) is 4.33. The summed E-state index contributed by atoms with van der Waals surface area (Å²) in [6.07, 6.45) is 3.41. The molecule has 3 rings (SSSR count). The van der Waals surface area contributed by atoms with Gasteiger partial charge in [-0.15, -0.1) is 0 Å². The predicted octanol–water partition coefficient (Wildman–Crippen LogP) is 1.55. The lowest BCUT2D eigenvalue weighted by atomic mass is 9.98. The van der Waals surface area contributed by atoms with Crippen molar-refractivity contribution in [3.05, 3.63) is 23.3 Å². The molecule has 0 saturated carbocycles. The Balaban J connectivity index is 1.70. The average molecular weight is 262 g/mol. The van der Waals surface area contributed by atoms with Crippen LogP contribution in [-0.2, 0) is 13.0 Å². The van der Waals surface area contributed by atoms with Gasteiger partial charge in [-0.25, -0.2) is 0 Å². The maximum absolute atomic E-state index is 5.66. The van der Waals surface area contributed by atoms with Crippen LogP contribution in [0.3, 0.4) is 0 Å². The van der Waals surface area contributed by atoms with Crippen molar-refractivity contribution in [3.8, 4) is 11.5 Å². The van der Waals surface area contributed by atoms with E-state index in [1.165, 1.54) is 17.5 Å². The largest absolute Gasteiger partial charge is 0.486 e. The molecule has 4 heteroatoms. The number of unbranched alkanes of at least 4 members (excludes halogenated alkanes) is 1. The number of nitrogens with two attached hydrogens (primary N) is 1. The molecule has 0 spiro atoms. The van der Waals surface area contributed by atoms with Gasteiger partial charge in [-0.2, -0.15) is 0 Å². The molecule has 0 bridgehead atoms. The van der Waals surface area contributed by atoms with Crippen molar-refractivity contribution in [2.24, 2.45) is 5.73 Å². The lowest BCUT2D eigenvalue weighted by Crippen LogP contribution is -2.32. The molecule has 0 aliphatic carbocycles. The topological polar surface area (TPSA) is 47.7 Å². The number of hydrogen-bond acceptors (Lipinski definition) is 4. The predicted molar refractivity (Wildman–Crippen MR) is 74.7 cm³/mol. The van der Waals surface area contributed by atoms with Crippen molar-refractivity contribution in [3.63, 3.8) is 0 Å². The van der Waals surface area contributed by atoms with Crippen LogP contribution in [-0.4, -0.2) is 37.7 Å². The zero-order valence-electron chi connectivity index (χ0n) is 11.4. The van der Waals surface area contributed by atoms with Crippen LogP contribution in [0.4, 0.5) is 0 Å². The maximum Gasteiger partial charge on any atom is 0.161 e. The van der Waals surface area contributed by atoms with Gasteiger partial charge in [-0.3, -0.25) is 4.90 Å². The van der Waals surface area contributed by atoms with Crippen molar-refractivity contribution in [2.75, 3.05) is 32.8 Å². The first-order valence-corrected chi connectivity index (χ1v) is 7.20. The smallest absolute Gasteiger partial charge is 0.161 e. The summed E-state index contributed by atoms with van der Waals surface area (Å²) in [7, 11) is 0. The van der Waals surface area contributed by atoms with E-state index in [9.17, 15) is 0 Å². The summed E-state index contributed by atoms with van der Waals surface area (Å²) in [6.45, 7) is 5.42. The Bertz CT molecular complexity index is 448. The zero-order chi connectivity index (χ0) is 13.1. The van der Waals surface area contributed by atoms with E-state index in [1.807, 2.05) is 0 Å². The van der Waals surface area contributed by atoms with Crippen LogP contribution in [0.25, 0.3) is 0 Å². The number of fused-ring (bicyclic) bond motifs is 2. The van der Waals surface area contributed by atoms with Gasteiger partial charge in [0, 0.05) is 13.1 Å². The summed E-state index contributed by atoms with van der Waals surface area (Å²) in [5, 5.41) is 0. The molecule has 0 amide bonds. The molecule has 0 aromatic heterocycles. The number of nitrogens with zero attached hydrogens (tertiary/aromatic N) is 1. The van der Waals surface area contributed by atoms with Gasteiger partial charge in [0.1, 0.15) is 13.2 Å². The second-order valence-corrected chi connectivity index (χ2v) is 5.29. The highest BCUT2D eigenvalue weighted by Crippen LogP contribution is 2.35. The van der Waals surface area contributed by atoms with Gasteiger partial charge in [0.25, 0.3) is 0 Å². The molecular formula is C15H22N2O2. The first-order chi connectivity index (χ1) is 9.36. The van der Waals surface area contributed by atoms with Crippen molar-refractivity contribution in [1.29, 1.82) is 0 Å². The Morgan fingerprint density at radius 2 is 1.79 bits per heavy atom. The Kier molecular flexibility index (Phi) is 3.89. The van der Waals surface area contributed by atoms with Gasteiger partial charge in [-0.05, 0) is 55.6 Å². The minimum Gasteiger partial charge on any atom is -0.486 e. The minimum atomic E-state index is 0.659. The molecule has 2 aliphatic heterocycles.